The van der Waals surface area contributed by atoms with Crippen molar-refractivity contribution in [1.82, 2.24) is 4.90 Å². The second-order valence-electron chi connectivity index (χ2n) is 6.34. The highest BCUT2D eigenvalue weighted by Gasteiger charge is 2.46. The molecule has 8 heteroatoms. The van der Waals surface area contributed by atoms with Crippen molar-refractivity contribution in [1.29, 1.82) is 0 Å². The summed E-state index contributed by atoms with van der Waals surface area (Å²) in [4.78, 5) is 14.1. The number of rotatable bonds is 5. The molecule has 2 N–H and O–H groups in total. The second kappa shape index (κ2) is 6.23. The SMILES string of the molecule is N[C@@H]1CN(C(=O)c2ccccc2OC(F)(F)C(F)F)C[C@H]1C1CC1. The lowest BCUT2D eigenvalue weighted by Crippen LogP contribution is -2.35. The normalized spacial score (nSPS) is 24.5. The average Bonchev–Trinajstić information content (AvgIpc) is 3.29. The first kappa shape index (κ1) is 17.0. The van der Waals surface area contributed by atoms with E-state index in [9.17, 15) is 22.4 Å². The quantitative estimate of drug-likeness (QED) is 0.834. The molecule has 2 atom stereocenters. The number of halogens is 4. The first-order valence-electron chi connectivity index (χ1n) is 7.78. The third-order valence-corrected chi connectivity index (χ3v) is 4.54. The van der Waals surface area contributed by atoms with Crippen LogP contribution in [0.5, 0.6) is 5.75 Å². The lowest BCUT2D eigenvalue weighted by atomic mass is 9.99. The number of alkyl halides is 4. The maximum Gasteiger partial charge on any atom is 0.461 e. The lowest BCUT2D eigenvalue weighted by molar-refractivity contribution is -0.253. The number of hydrogen-bond acceptors (Lipinski definition) is 3. The largest absolute Gasteiger partial charge is 0.461 e. The Kier molecular flexibility index (Phi) is 4.42. The van der Waals surface area contributed by atoms with Crippen molar-refractivity contribution in [2.45, 2.75) is 31.4 Å². The first-order valence-corrected chi connectivity index (χ1v) is 7.78. The molecule has 1 heterocycles. The summed E-state index contributed by atoms with van der Waals surface area (Å²) in [6, 6.07) is 5.02. The molecule has 24 heavy (non-hydrogen) atoms. The Morgan fingerprint density at radius 2 is 1.92 bits per heavy atom. The van der Waals surface area contributed by atoms with Gasteiger partial charge in [-0.05, 0) is 36.8 Å². The molecule has 1 aromatic carbocycles. The summed E-state index contributed by atoms with van der Waals surface area (Å²) in [5.41, 5.74) is 5.90. The van der Waals surface area contributed by atoms with Crippen LogP contribution < -0.4 is 10.5 Å². The van der Waals surface area contributed by atoms with Crippen LogP contribution in [0.25, 0.3) is 0 Å². The molecule has 132 valence electrons. The van der Waals surface area contributed by atoms with Gasteiger partial charge in [-0.3, -0.25) is 4.79 Å². The first-order chi connectivity index (χ1) is 11.3. The summed E-state index contributed by atoms with van der Waals surface area (Å²) >= 11 is 0. The minimum atomic E-state index is -4.66. The van der Waals surface area contributed by atoms with Crippen LogP contribution in [-0.4, -0.2) is 42.5 Å². The van der Waals surface area contributed by atoms with Crippen molar-refractivity contribution < 1.29 is 27.1 Å². The van der Waals surface area contributed by atoms with Crippen molar-refractivity contribution in [3.8, 4) is 5.75 Å². The zero-order valence-electron chi connectivity index (χ0n) is 12.8. The van der Waals surface area contributed by atoms with Gasteiger partial charge in [-0.1, -0.05) is 12.1 Å². The number of carbonyl (C=O) groups excluding carboxylic acids is 1. The number of ether oxygens (including phenoxy) is 1. The maximum absolute atomic E-state index is 13.2. The topological polar surface area (TPSA) is 55.6 Å². The highest BCUT2D eigenvalue weighted by Crippen LogP contribution is 2.41. The van der Waals surface area contributed by atoms with E-state index in [0.29, 0.717) is 19.0 Å². The third-order valence-electron chi connectivity index (χ3n) is 4.54. The number of nitrogens with two attached hydrogens (primary N) is 1. The molecule has 1 saturated carbocycles. The van der Waals surface area contributed by atoms with Gasteiger partial charge in [0.25, 0.3) is 5.91 Å². The summed E-state index contributed by atoms with van der Waals surface area (Å²) in [6.45, 7) is 0.768. The van der Waals surface area contributed by atoms with E-state index in [-0.39, 0.29) is 17.5 Å². The number of likely N-dealkylation sites (tertiary alicyclic amines) is 1. The standard InChI is InChI=1S/C16H18F4N2O2/c17-15(18)16(19,20)24-13-4-2-1-3-10(13)14(23)22-7-11(9-5-6-9)12(21)8-22/h1-4,9,11-12,15H,5-8,21H2/t11-,12+/m0/s1. The highest BCUT2D eigenvalue weighted by atomic mass is 19.3. The predicted molar refractivity (Wildman–Crippen MR) is 78.1 cm³/mol. The monoisotopic (exact) mass is 346 g/mol. The number of carbonyl (C=O) groups is 1. The minimum Gasteiger partial charge on any atom is -0.427 e. The molecule has 2 aliphatic rings. The van der Waals surface area contributed by atoms with E-state index in [0.717, 1.165) is 18.9 Å². The molecule has 1 aliphatic carbocycles. The van der Waals surface area contributed by atoms with Crippen LogP contribution in [0.3, 0.4) is 0 Å². The molecule has 1 saturated heterocycles. The number of nitrogens with zero attached hydrogens (tertiary/aromatic N) is 1. The fraction of sp³-hybridized carbons (Fsp3) is 0.562. The molecule has 3 rings (SSSR count). The molecule has 1 aliphatic heterocycles. The number of amides is 1. The van der Waals surface area contributed by atoms with E-state index in [2.05, 4.69) is 4.74 Å². The number of hydrogen-bond donors (Lipinski definition) is 1. The highest BCUT2D eigenvalue weighted by molar-refractivity contribution is 5.97. The summed E-state index contributed by atoms with van der Waals surface area (Å²) in [7, 11) is 0. The van der Waals surface area contributed by atoms with Gasteiger partial charge in [-0.25, -0.2) is 0 Å². The zero-order valence-corrected chi connectivity index (χ0v) is 12.8. The van der Waals surface area contributed by atoms with Crippen LogP contribution in [0, 0.1) is 11.8 Å². The lowest BCUT2D eigenvalue weighted by Gasteiger charge is -2.21. The second-order valence-corrected chi connectivity index (χ2v) is 6.34. The van der Waals surface area contributed by atoms with Crippen molar-refractivity contribution in [3.05, 3.63) is 29.8 Å². The van der Waals surface area contributed by atoms with Crippen LogP contribution in [0.15, 0.2) is 24.3 Å². The molecule has 0 radical (unpaired) electrons. The molecule has 0 aromatic heterocycles. The molecular formula is C16H18F4N2O2. The molecular weight excluding hydrogens is 328 g/mol. The molecule has 1 amide bonds. The summed E-state index contributed by atoms with van der Waals surface area (Å²) in [5, 5.41) is 0. The predicted octanol–water partition coefficient (Wildman–Crippen LogP) is 2.73. The fourth-order valence-electron chi connectivity index (χ4n) is 3.14. The van der Waals surface area contributed by atoms with Crippen LogP contribution >= 0.6 is 0 Å². The van der Waals surface area contributed by atoms with Crippen molar-refractivity contribution in [3.63, 3.8) is 0 Å². The Morgan fingerprint density at radius 3 is 2.54 bits per heavy atom. The molecule has 2 fully saturated rings. The number of para-hydroxylation sites is 1. The molecule has 1 aromatic rings. The Labute approximate surface area is 136 Å². The van der Waals surface area contributed by atoms with E-state index >= 15 is 0 Å². The summed E-state index contributed by atoms with van der Waals surface area (Å²) < 4.78 is 55.2. The van der Waals surface area contributed by atoms with E-state index in [1.54, 1.807) is 0 Å². The third kappa shape index (κ3) is 3.33. The van der Waals surface area contributed by atoms with Gasteiger partial charge in [0.2, 0.25) is 0 Å². The van der Waals surface area contributed by atoms with Gasteiger partial charge in [0.05, 0.1) is 5.56 Å². The van der Waals surface area contributed by atoms with Crippen LogP contribution in [-0.2, 0) is 0 Å². The fourth-order valence-corrected chi connectivity index (χ4v) is 3.14. The van der Waals surface area contributed by atoms with Gasteiger partial charge < -0.3 is 15.4 Å². The molecule has 0 bridgehead atoms. The maximum atomic E-state index is 13.2. The van der Waals surface area contributed by atoms with Gasteiger partial charge in [0, 0.05) is 19.1 Å². The Balaban J connectivity index is 1.78. The van der Waals surface area contributed by atoms with Gasteiger partial charge in [-0.2, -0.15) is 17.6 Å². The number of benzene rings is 1. The Bertz CT molecular complexity index is 622. The zero-order chi connectivity index (χ0) is 17.5. The van der Waals surface area contributed by atoms with E-state index < -0.39 is 24.2 Å². The van der Waals surface area contributed by atoms with Gasteiger partial charge in [0.15, 0.2) is 0 Å². The van der Waals surface area contributed by atoms with Gasteiger partial charge in [-0.15, -0.1) is 0 Å². The Hall–Kier alpha value is -1.83. The van der Waals surface area contributed by atoms with Crippen molar-refractivity contribution in [2.24, 2.45) is 17.6 Å². The average molecular weight is 346 g/mol. The summed E-state index contributed by atoms with van der Waals surface area (Å²) in [5.74, 6) is -0.387. The molecule has 4 nitrogen and oxygen atoms in total. The molecule has 0 spiro atoms. The van der Waals surface area contributed by atoms with Crippen LogP contribution in [0.1, 0.15) is 23.2 Å². The van der Waals surface area contributed by atoms with E-state index in [4.69, 9.17) is 5.73 Å². The van der Waals surface area contributed by atoms with Crippen LogP contribution in [0.4, 0.5) is 17.6 Å². The summed E-state index contributed by atoms with van der Waals surface area (Å²) in [6.07, 6.45) is -6.48. The van der Waals surface area contributed by atoms with E-state index in [1.807, 2.05) is 0 Å². The van der Waals surface area contributed by atoms with Gasteiger partial charge >= 0.3 is 12.5 Å². The molecule has 0 unspecified atom stereocenters. The Morgan fingerprint density at radius 1 is 1.25 bits per heavy atom. The van der Waals surface area contributed by atoms with Gasteiger partial charge in [0.1, 0.15) is 5.75 Å². The van der Waals surface area contributed by atoms with Crippen LogP contribution in [0.2, 0.25) is 0 Å². The minimum absolute atomic E-state index is 0.156. The smallest absolute Gasteiger partial charge is 0.427 e. The van der Waals surface area contributed by atoms with Crippen molar-refractivity contribution in [2.75, 3.05) is 13.1 Å². The van der Waals surface area contributed by atoms with Crippen molar-refractivity contribution >= 4 is 5.91 Å². The van der Waals surface area contributed by atoms with E-state index in [1.165, 1.54) is 23.1 Å².